The monoisotopic (exact) mass is 522 g/mol. The van der Waals surface area contributed by atoms with Crippen molar-refractivity contribution in [3.63, 3.8) is 0 Å². The molecule has 1 unspecified atom stereocenters. The highest BCUT2D eigenvalue weighted by Gasteiger charge is 2.48. The van der Waals surface area contributed by atoms with E-state index in [0.717, 1.165) is 27.3 Å². The molecule has 1 fully saturated rings. The number of nitrogens with one attached hydrogen (secondary N) is 2. The van der Waals surface area contributed by atoms with Crippen molar-refractivity contribution in [1.82, 2.24) is 20.5 Å². The van der Waals surface area contributed by atoms with Gasteiger partial charge in [0.2, 0.25) is 11.8 Å². The zero-order chi connectivity index (χ0) is 26.6. The first-order valence-electron chi connectivity index (χ1n) is 12.4. The van der Waals surface area contributed by atoms with E-state index in [1.165, 1.54) is 6.92 Å². The van der Waals surface area contributed by atoms with Gasteiger partial charge in [-0.1, -0.05) is 54.6 Å². The molecule has 4 atom stereocenters. The molecular formula is C28H34N4O4S. The number of aryl methyl sites for hydroxylation is 1. The zero-order valence-corrected chi connectivity index (χ0v) is 22.2. The molecular weight excluding hydrogens is 488 g/mol. The zero-order valence-electron chi connectivity index (χ0n) is 21.3. The maximum atomic E-state index is 13.3. The number of hydrogen-bond acceptors (Lipinski definition) is 7. The minimum absolute atomic E-state index is 0.124. The van der Waals surface area contributed by atoms with E-state index in [9.17, 15) is 19.8 Å². The Balaban J connectivity index is 1.45. The first-order valence-corrected chi connectivity index (χ1v) is 13.3. The molecule has 0 aliphatic carbocycles. The molecule has 0 spiro atoms. The fourth-order valence-electron chi connectivity index (χ4n) is 4.90. The summed E-state index contributed by atoms with van der Waals surface area (Å²) in [6.07, 6.45) is -0.192. The van der Waals surface area contributed by atoms with E-state index >= 15 is 0 Å². The SMILES string of the molecule is CC(=O)N[C@@H](Cc1ccccc1)C(C)(O)N1C[C@H](O)C[C@H]1C(=O)NCc1ccc(-c2scnc2C)cc1. The van der Waals surface area contributed by atoms with Crippen LogP contribution in [0.3, 0.4) is 0 Å². The Morgan fingerprint density at radius 3 is 2.49 bits per heavy atom. The van der Waals surface area contributed by atoms with Gasteiger partial charge in [0, 0.05) is 20.0 Å². The number of carbonyl (C=O) groups excluding carboxylic acids is 2. The number of amides is 2. The summed E-state index contributed by atoms with van der Waals surface area (Å²) in [6, 6.07) is 16.1. The molecule has 2 amide bonds. The number of nitrogens with zero attached hydrogens (tertiary/aromatic N) is 2. The first-order chi connectivity index (χ1) is 17.6. The highest BCUT2D eigenvalue weighted by molar-refractivity contribution is 7.13. The van der Waals surface area contributed by atoms with E-state index in [0.29, 0.717) is 13.0 Å². The summed E-state index contributed by atoms with van der Waals surface area (Å²) in [5.41, 5.74) is 4.21. The van der Waals surface area contributed by atoms with Gasteiger partial charge in [-0.05, 0) is 43.4 Å². The molecule has 1 aliphatic rings. The minimum atomic E-state index is -1.57. The largest absolute Gasteiger partial charge is 0.392 e. The van der Waals surface area contributed by atoms with Gasteiger partial charge >= 0.3 is 0 Å². The van der Waals surface area contributed by atoms with E-state index in [1.807, 2.05) is 67.0 Å². The van der Waals surface area contributed by atoms with Crippen LogP contribution in [-0.4, -0.2) is 62.4 Å². The molecule has 4 N–H and O–H groups in total. The molecule has 4 rings (SSSR count). The molecule has 37 heavy (non-hydrogen) atoms. The number of thiazole rings is 1. The van der Waals surface area contributed by atoms with Gasteiger partial charge in [-0.3, -0.25) is 14.5 Å². The van der Waals surface area contributed by atoms with E-state index in [4.69, 9.17) is 0 Å². The van der Waals surface area contributed by atoms with Gasteiger partial charge in [-0.15, -0.1) is 11.3 Å². The second-order valence-corrected chi connectivity index (χ2v) is 10.6. The van der Waals surface area contributed by atoms with Crippen molar-refractivity contribution in [3.05, 3.63) is 76.9 Å². The van der Waals surface area contributed by atoms with Gasteiger partial charge in [0.15, 0.2) is 0 Å². The van der Waals surface area contributed by atoms with E-state index in [1.54, 1.807) is 23.2 Å². The standard InChI is InChI=1S/C28H34N4O4S/c1-18-26(37-17-30-18)22-11-9-21(10-12-22)15-29-27(35)24-14-23(34)16-32(24)28(3,36)25(31-19(2)33)13-20-7-5-4-6-8-20/h4-12,17,23-25,34,36H,13-16H2,1-3H3,(H,29,35)(H,31,33)/t23-,24+,25+,28?/m1/s1. The molecule has 1 aromatic heterocycles. The van der Waals surface area contributed by atoms with E-state index < -0.39 is 23.9 Å². The number of hydrogen-bond donors (Lipinski definition) is 4. The Labute approximate surface area is 221 Å². The lowest BCUT2D eigenvalue weighted by atomic mass is 9.95. The lowest BCUT2D eigenvalue weighted by molar-refractivity contribution is -0.151. The van der Waals surface area contributed by atoms with E-state index in [2.05, 4.69) is 15.6 Å². The highest BCUT2D eigenvalue weighted by Crippen LogP contribution is 2.30. The predicted molar refractivity (Wildman–Crippen MR) is 144 cm³/mol. The van der Waals surface area contributed by atoms with Crippen LogP contribution in [0.4, 0.5) is 0 Å². The fraction of sp³-hybridized carbons (Fsp3) is 0.393. The quantitative estimate of drug-likeness (QED) is 0.344. The Bertz CT molecular complexity index is 1210. The summed E-state index contributed by atoms with van der Waals surface area (Å²) in [5.74, 6) is -0.556. The van der Waals surface area contributed by atoms with Crippen molar-refractivity contribution in [1.29, 1.82) is 0 Å². The van der Waals surface area contributed by atoms with Crippen LogP contribution < -0.4 is 10.6 Å². The Morgan fingerprint density at radius 2 is 1.86 bits per heavy atom. The number of carbonyl (C=O) groups is 2. The number of rotatable bonds is 9. The summed E-state index contributed by atoms with van der Waals surface area (Å²) >= 11 is 1.59. The van der Waals surface area contributed by atoms with Crippen LogP contribution in [-0.2, 0) is 22.6 Å². The van der Waals surface area contributed by atoms with Gasteiger partial charge in [0.1, 0.15) is 5.72 Å². The number of likely N-dealkylation sites (tertiary alicyclic amines) is 1. The van der Waals surface area contributed by atoms with Crippen LogP contribution >= 0.6 is 11.3 Å². The van der Waals surface area contributed by atoms with Gasteiger partial charge in [-0.25, -0.2) is 4.98 Å². The third-order valence-electron chi connectivity index (χ3n) is 6.91. The lowest BCUT2D eigenvalue weighted by Crippen LogP contribution is -2.64. The predicted octanol–water partition coefficient (Wildman–Crippen LogP) is 2.63. The number of β-amino-alcohol motifs (C(OH)–C–C–N with tert-alkyl or cyclic N) is 1. The second kappa shape index (κ2) is 11.5. The molecule has 196 valence electrons. The van der Waals surface area contributed by atoms with Crippen LogP contribution in [0.25, 0.3) is 10.4 Å². The molecule has 8 nitrogen and oxygen atoms in total. The van der Waals surface area contributed by atoms with Crippen molar-refractivity contribution < 1.29 is 19.8 Å². The topological polar surface area (TPSA) is 115 Å². The van der Waals surface area contributed by atoms with Crippen LogP contribution in [0, 0.1) is 6.92 Å². The summed E-state index contributed by atoms with van der Waals surface area (Å²) < 4.78 is 0. The third-order valence-corrected chi connectivity index (χ3v) is 7.89. The van der Waals surface area contributed by atoms with Crippen LogP contribution in [0.15, 0.2) is 60.1 Å². The highest BCUT2D eigenvalue weighted by atomic mass is 32.1. The average Bonchev–Trinajstić information content (AvgIpc) is 3.48. The molecule has 0 bridgehead atoms. The normalized spacial score (nSPS) is 20.2. The maximum absolute atomic E-state index is 13.3. The first kappa shape index (κ1) is 26.9. The smallest absolute Gasteiger partial charge is 0.237 e. The fourth-order valence-corrected chi connectivity index (χ4v) is 5.71. The third kappa shape index (κ3) is 6.42. The summed E-state index contributed by atoms with van der Waals surface area (Å²) in [7, 11) is 0. The maximum Gasteiger partial charge on any atom is 0.237 e. The van der Waals surface area contributed by atoms with E-state index in [-0.39, 0.29) is 24.8 Å². The lowest BCUT2D eigenvalue weighted by Gasteiger charge is -2.43. The van der Waals surface area contributed by atoms with Crippen molar-refractivity contribution in [2.75, 3.05) is 6.54 Å². The van der Waals surface area contributed by atoms with Crippen molar-refractivity contribution in [2.24, 2.45) is 0 Å². The molecule has 1 saturated heterocycles. The molecule has 2 heterocycles. The molecule has 3 aromatic rings. The van der Waals surface area contributed by atoms with Gasteiger partial charge in [0.25, 0.3) is 0 Å². The summed E-state index contributed by atoms with van der Waals surface area (Å²) in [6.45, 7) is 5.42. The van der Waals surface area contributed by atoms with Gasteiger partial charge in [-0.2, -0.15) is 0 Å². The minimum Gasteiger partial charge on any atom is -0.392 e. The molecule has 1 aliphatic heterocycles. The average molecular weight is 523 g/mol. The number of benzene rings is 2. The number of aliphatic hydroxyl groups excluding tert-OH is 1. The molecule has 2 aromatic carbocycles. The van der Waals surface area contributed by atoms with Crippen LogP contribution in [0.2, 0.25) is 0 Å². The second-order valence-electron chi connectivity index (χ2n) is 9.78. The summed E-state index contributed by atoms with van der Waals surface area (Å²) in [4.78, 5) is 32.3. The Morgan fingerprint density at radius 1 is 1.16 bits per heavy atom. The van der Waals surface area contributed by atoms with Crippen molar-refractivity contribution in [3.8, 4) is 10.4 Å². The Hall–Kier alpha value is -3.11. The molecule has 9 heteroatoms. The number of aromatic nitrogens is 1. The van der Waals surface area contributed by atoms with Gasteiger partial charge in [0.05, 0.1) is 34.3 Å². The van der Waals surface area contributed by atoms with Crippen molar-refractivity contribution in [2.45, 2.75) is 64.1 Å². The number of aliphatic hydroxyl groups is 2. The Kier molecular flexibility index (Phi) is 8.39. The summed E-state index contributed by atoms with van der Waals surface area (Å²) in [5, 5.41) is 27.9. The van der Waals surface area contributed by atoms with Gasteiger partial charge < -0.3 is 20.8 Å². The van der Waals surface area contributed by atoms with Crippen molar-refractivity contribution >= 4 is 23.2 Å². The molecule has 0 radical (unpaired) electrons. The van der Waals surface area contributed by atoms with Crippen LogP contribution in [0.5, 0.6) is 0 Å². The molecule has 0 saturated carbocycles. The van der Waals surface area contributed by atoms with Crippen LogP contribution in [0.1, 0.15) is 37.1 Å².